The van der Waals surface area contributed by atoms with E-state index < -0.39 is 12.1 Å². The number of rotatable bonds is 15. The highest BCUT2D eigenvalue weighted by Gasteiger charge is 2.37. The summed E-state index contributed by atoms with van der Waals surface area (Å²) >= 11 is 0. The molecule has 13 heteroatoms. The average Bonchev–Trinajstić information content (AvgIpc) is 2.92. The molecule has 0 aliphatic carbocycles. The Labute approximate surface area is 237 Å². The lowest BCUT2D eigenvalue weighted by Gasteiger charge is -2.32. The van der Waals surface area contributed by atoms with Crippen molar-refractivity contribution in [3.05, 3.63) is 0 Å². The molecule has 230 valence electrons. The van der Waals surface area contributed by atoms with E-state index in [9.17, 15) is 28.8 Å². The Balaban J connectivity index is 0.000000634. The maximum Gasteiger partial charge on any atom is 0.333 e. The molecular weight excluding hydrogens is 524 g/mol. The van der Waals surface area contributed by atoms with Crippen LogP contribution in [0.25, 0.3) is 0 Å². The molecule has 0 aromatic heterocycles. The number of aliphatic hydroxyl groups excluding tert-OH is 1. The smallest absolute Gasteiger partial charge is 0.333 e. The van der Waals surface area contributed by atoms with Gasteiger partial charge in [-0.3, -0.25) is 44.0 Å². The van der Waals surface area contributed by atoms with E-state index in [1.54, 1.807) is 0 Å². The van der Waals surface area contributed by atoms with Crippen molar-refractivity contribution in [1.82, 2.24) is 19.6 Å². The number of urea groups is 2. The van der Waals surface area contributed by atoms with Crippen LogP contribution in [-0.2, 0) is 24.1 Å². The fraction of sp³-hybridized carbons (Fsp3) is 0.778. The van der Waals surface area contributed by atoms with Crippen LogP contribution in [0.15, 0.2) is 0 Å². The summed E-state index contributed by atoms with van der Waals surface area (Å²) in [6, 6.07) is -0.874. The van der Waals surface area contributed by atoms with Gasteiger partial charge in [-0.1, -0.05) is 53.4 Å². The van der Waals surface area contributed by atoms with Gasteiger partial charge in [-0.25, -0.2) is 14.5 Å². The third-order valence-electron chi connectivity index (χ3n) is 6.07. The predicted octanol–water partition coefficient (Wildman–Crippen LogP) is 3.39. The first-order valence-corrected chi connectivity index (χ1v) is 14.3. The first kappa shape index (κ1) is 37.1. The van der Waals surface area contributed by atoms with Crippen LogP contribution in [0, 0.1) is 0 Å². The second kappa shape index (κ2) is 21.9. The third-order valence-corrected chi connectivity index (χ3v) is 6.07. The molecule has 2 aliphatic heterocycles. The van der Waals surface area contributed by atoms with Gasteiger partial charge in [0.1, 0.15) is 12.8 Å². The van der Waals surface area contributed by atoms with Crippen molar-refractivity contribution < 1.29 is 44.0 Å². The van der Waals surface area contributed by atoms with Crippen LogP contribution >= 0.6 is 0 Å². The molecule has 13 nitrogen and oxygen atoms in total. The highest BCUT2D eigenvalue weighted by Crippen LogP contribution is 2.15. The van der Waals surface area contributed by atoms with Gasteiger partial charge in [0.15, 0.2) is 0 Å². The number of aliphatic hydroxyl groups is 1. The highest BCUT2D eigenvalue weighted by atomic mass is 17.1. The van der Waals surface area contributed by atoms with Crippen LogP contribution < -0.4 is 0 Å². The minimum atomic E-state index is -0.437. The van der Waals surface area contributed by atoms with Crippen LogP contribution in [0.5, 0.6) is 0 Å². The number of barbiturate groups is 2. The molecule has 0 aromatic carbocycles. The Kier molecular flexibility index (Phi) is 20.3. The molecule has 40 heavy (non-hydrogen) atoms. The summed E-state index contributed by atoms with van der Waals surface area (Å²) < 4.78 is 0. The fourth-order valence-corrected chi connectivity index (χ4v) is 3.63. The molecule has 0 saturated carbocycles. The standard InChI is InChI=1S/2C12H20N2O3.C3H8O3/c2*1-3-5-7-13-10(15)9-11(16)14(12(13)17)8-6-4-2;4-2-1-3-6-5/h2*3-9H2,1-2H3;4-5H,1-3H2. The Morgan fingerprint density at radius 2 is 0.825 bits per heavy atom. The lowest BCUT2D eigenvalue weighted by molar-refractivity contribution is -0.243. The summed E-state index contributed by atoms with van der Waals surface area (Å²) in [7, 11) is 0. The molecule has 0 aromatic rings. The van der Waals surface area contributed by atoms with Gasteiger partial charge < -0.3 is 5.11 Å². The zero-order valence-electron chi connectivity index (χ0n) is 24.6. The molecule has 0 spiro atoms. The Bertz CT molecular complexity index is 700. The predicted molar refractivity (Wildman–Crippen MR) is 147 cm³/mol. The van der Waals surface area contributed by atoms with Gasteiger partial charge >= 0.3 is 12.1 Å². The molecule has 2 N–H and O–H groups in total. The highest BCUT2D eigenvalue weighted by molar-refractivity contribution is 6.14. The van der Waals surface area contributed by atoms with Gasteiger partial charge in [0.05, 0.1) is 6.61 Å². The van der Waals surface area contributed by atoms with E-state index in [1.807, 2.05) is 27.7 Å². The largest absolute Gasteiger partial charge is 0.396 e. The van der Waals surface area contributed by atoms with Crippen LogP contribution in [-0.4, -0.2) is 105 Å². The van der Waals surface area contributed by atoms with Crippen molar-refractivity contribution in [2.24, 2.45) is 0 Å². The quantitative estimate of drug-likeness (QED) is 0.129. The SMILES string of the molecule is CCCCN1C(=O)CC(=O)N(CCCC)C1=O.CCCCN1C(=O)CC(=O)N(CCCC)C1=O.OCCCOO. The number of imide groups is 4. The number of unbranched alkanes of at least 4 members (excludes halogenated alkanes) is 4. The maximum absolute atomic E-state index is 12.0. The summed E-state index contributed by atoms with van der Waals surface area (Å²) in [5.41, 5.74) is 0. The zero-order valence-corrected chi connectivity index (χ0v) is 24.6. The Hall–Kier alpha value is -2.90. The van der Waals surface area contributed by atoms with Crippen LogP contribution in [0.2, 0.25) is 0 Å². The Morgan fingerprint density at radius 1 is 0.550 bits per heavy atom. The minimum absolute atomic E-state index is 0.0700. The fourth-order valence-electron chi connectivity index (χ4n) is 3.63. The monoisotopic (exact) mass is 572 g/mol. The summed E-state index contributed by atoms with van der Waals surface area (Å²) in [4.78, 5) is 78.8. The number of nitrogens with zero attached hydrogens (tertiary/aromatic N) is 4. The second-order valence-corrected chi connectivity index (χ2v) is 9.42. The number of hydrogen-bond acceptors (Lipinski definition) is 9. The summed E-state index contributed by atoms with van der Waals surface area (Å²) in [5, 5.41) is 15.6. The first-order valence-electron chi connectivity index (χ1n) is 14.3. The third kappa shape index (κ3) is 13.0. The number of carbonyl (C=O) groups is 6. The van der Waals surface area contributed by atoms with Gasteiger partial charge in [0.2, 0.25) is 23.6 Å². The molecule has 2 saturated heterocycles. The minimum Gasteiger partial charge on any atom is -0.396 e. The summed E-state index contributed by atoms with van der Waals surface area (Å²) in [5.74, 6) is -1.44. The molecule has 2 aliphatic rings. The van der Waals surface area contributed by atoms with E-state index in [0.717, 1.165) is 51.4 Å². The van der Waals surface area contributed by atoms with Crippen molar-refractivity contribution in [1.29, 1.82) is 0 Å². The zero-order chi connectivity index (χ0) is 30.5. The molecule has 0 bridgehead atoms. The van der Waals surface area contributed by atoms with Crippen molar-refractivity contribution >= 4 is 35.7 Å². The Morgan fingerprint density at radius 3 is 1.00 bits per heavy atom. The summed E-state index contributed by atoms with van der Waals surface area (Å²) in [6.07, 6.45) is 6.97. The van der Waals surface area contributed by atoms with Crippen molar-refractivity contribution in [2.75, 3.05) is 39.4 Å². The van der Waals surface area contributed by atoms with Crippen molar-refractivity contribution in [2.45, 2.75) is 98.3 Å². The van der Waals surface area contributed by atoms with Crippen molar-refractivity contribution in [3.8, 4) is 0 Å². The average molecular weight is 573 g/mol. The molecule has 2 fully saturated rings. The van der Waals surface area contributed by atoms with E-state index in [0.29, 0.717) is 32.6 Å². The van der Waals surface area contributed by atoms with Crippen LogP contribution in [0.1, 0.15) is 98.3 Å². The molecule has 2 heterocycles. The molecule has 0 radical (unpaired) electrons. The van der Waals surface area contributed by atoms with Gasteiger partial charge in [-0.2, -0.15) is 0 Å². The lowest BCUT2D eigenvalue weighted by atomic mass is 10.2. The molecule has 8 amide bonds. The molecule has 0 unspecified atom stereocenters. The van der Waals surface area contributed by atoms with Crippen LogP contribution in [0.4, 0.5) is 9.59 Å². The van der Waals surface area contributed by atoms with Gasteiger partial charge in [0, 0.05) is 32.8 Å². The van der Waals surface area contributed by atoms with Gasteiger partial charge in [0.25, 0.3) is 0 Å². The van der Waals surface area contributed by atoms with Crippen LogP contribution in [0.3, 0.4) is 0 Å². The van der Waals surface area contributed by atoms with E-state index in [4.69, 9.17) is 10.4 Å². The first-order chi connectivity index (χ1) is 19.1. The molecular formula is C27H48N4O9. The normalized spacial score (nSPS) is 15.8. The van der Waals surface area contributed by atoms with E-state index in [1.165, 1.54) is 19.6 Å². The summed E-state index contributed by atoms with van der Waals surface area (Å²) in [6.45, 7) is 9.97. The van der Waals surface area contributed by atoms with Crippen molar-refractivity contribution in [3.63, 3.8) is 0 Å². The molecule has 2 rings (SSSR count). The van der Waals surface area contributed by atoms with Gasteiger partial charge in [-0.05, 0) is 32.1 Å². The topological polar surface area (TPSA) is 165 Å². The van der Waals surface area contributed by atoms with E-state index in [-0.39, 0.29) is 49.7 Å². The van der Waals surface area contributed by atoms with Gasteiger partial charge in [-0.15, -0.1) is 0 Å². The van der Waals surface area contributed by atoms with E-state index in [2.05, 4.69) is 4.89 Å². The number of carbonyl (C=O) groups excluding carboxylic acids is 6. The number of hydrogen-bond donors (Lipinski definition) is 2. The molecule has 0 atom stereocenters. The second-order valence-electron chi connectivity index (χ2n) is 9.42. The number of amides is 8. The lowest BCUT2D eigenvalue weighted by Crippen LogP contribution is -2.55. The van der Waals surface area contributed by atoms with E-state index >= 15 is 0 Å². The maximum atomic E-state index is 12.0.